The molecular formula is C8H20BF4N. The van der Waals surface area contributed by atoms with Crippen molar-refractivity contribution >= 4 is 7.25 Å². The minimum absolute atomic E-state index is 0.727. The topological polar surface area (TPSA) is 0 Å². The summed E-state index contributed by atoms with van der Waals surface area (Å²) in [6.45, 7) is 9.06. The maximum absolute atomic E-state index is 9.75. The molecule has 0 saturated heterocycles. The van der Waals surface area contributed by atoms with E-state index < -0.39 is 7.25 Å². The summed E-state index contributed by atoms with van der Waals surface area (Å²) < 4.78 is 40.1. The van der Waals surface area contributed by atoms with Crippen molar-refractivity contribution in [2.45, 2.75) is 39.8 Å². The lowest BCUT2D eigenvalue weighted by molar-refractivity contribution is -0.931. The van der Waals surface area contributed by atoms with Crippen LogP contribution in [0.15, 0.2) is 0 Å². The van der Waals surface area contributed by atoms with E-state index in [9.17, 15) is 17.3 Å². The van der Waals surface area contributed by atoms with E-state index in [-0.39, 0.29) is 0 Å². The van der Waals surface area contributed by atoms with Gasteiger partial charge in [-0.15, -0.1) is 0 Å². The molecule has 0 aliphatic heterocycles. The molecule has 0 rings (SSSR count). The van der Waals surface area contributed by atoms with Crippen molar-refractivity contribution in [3.8, 4) is 0 Å². The van der Waals surface area contributed by atoms with Gasteiger partial charge in [-0.25, -0.2) is 0 Å². The van der Waals surface area contributed by atoms with E-state index in [0.29, 0.717) is 0 Å². The zero-order valence-corrected chi connectivity index (χ0v) is 9.69. The Morgan fingerprint density at radius 2 is 0.929 bits per heavy atom. The normalized spacial score (nSPS) is 12.9. The average molecular weight is 217 g/mol. The second-order valence-electron chi connectivity index (χ2n) is 4.31. The van der Waals surface area contributed by atoms with Crippen LogP contribution in [0.4, 0.5) is 17.3 Å². The maximum atomic E-state index is 9.75. The Morgan fingerprint density at radius 3 is 0.929 bits per heavy atom. The van der Waals surface area contributed by atoms with E-state index in [4.69, 9.17) is 0 Å². The van der Waals surface area contributed by atoms with Crippen LogP contribution in [0.2, 0.25) is 0 Å². The molecule has 0 aromatic carbocycles. The molecule has 1 nitrogen and oxygen atoms in total. The second kappa shape index (κ2) is 5.58. The van der Waals surface area contributed by atoms with Crippen LogP contribution in [0.5, 0.6) is 0 Å². The van der Waals surface area contributed by atoms with Gasteiger partial charge in [-0.2, -0.15) is 0 Å². The van der Waals surface area contributed by atoms with Gasteiger partial charge in [0.05, 0.1) is 26.2 Å². The molecule has 88 valence electrons. The summed E-state index contributed by atoms with van der Waals surface area (Å²) in [6, 6.07) is 1.45. The highest BCUT2D eigenvalue weighted by Gasteiger charge is 2.22. The standard InChI is InChI=1S/C8H20N.BF4/c1-7(2)9(5,6)8(3)4;2-1(3,4)5/h7-8H,1-6H3;/q+1;-1. The first-order chi connectivity index (χ1) is 5.89. The zero-order valence-electron chi connectivity index (χ0n) is 9.69. The first-order valence-corrected chi connectivity index (χ1v) is 4.59. The molecule has 0 N–H and O–H groups in total. The van der Waals surface area contributed by atoms with Gasteiger partial charge in [0.15, 0.2) is 0 Å². The average Bonchev–Trinajstić information content (AvgIpc) is 1.82. The fourth-order valence-electron chi connectivity index (χ4n) is 0.596. The molecule has 0 radical (unpaired) electrons. The number of quaternary nitrogens is 1. The van der Waals surface area contributed by atoms with Crippen molar-refractivity contribution < 1.29 is 21.7 Å². The smallest absolute Gasteiger partial charge is 0.418 e. The molecule has 6 heteroatoms. The molecule has 0 bridgehead atoms. The number of halogens is 4. The minimum atomic E-state index is -6.00. The quantitative estimate of drug-likeness (QED) is 0.378. The monoisotopic (exact) mass is 217 g/mol. The van der Waals surface area contributed by atoms with Gasteiger partial charge in [-0.3, -0.25) is 0 Å². The third kappa shape index (κ3) is 9.83. The van der Waals surface area contributed by atoms with E-state index in [1.165, 1.54) is 0 Å². The van der Waals surface area contributed by atoms with Gasteiger partial charge in [0, 0.05) is 0 Å². The van der Waals surface area contributed by atoms with Crippen molar-refractivity contribution in [2.24, 2.45) is 0 Å². The van der Waals surface area contributed by atoms with E-state index in [1.807, 2.05) is 0 Å². The highest BCUT2D eigenvalue weighted by Crippen LogP contribution is 2.10. The molecule has 0 aromatic heterocycles. The number of nitrogens with zero attached hydrogens (tertiary/aromatic N) is 1. The van der Waals surface area contributed by atoms with Gasteiger partial charge in [-0.1, -0.05) is 0 Å². The lowest BCUT2D eigenvalue weighted by Gasteiger charge is -2.38. The Hall–Kier alpha value is -0.255. The molecule has 0 atom stereocenters. The van der Waals surface area contributed by atoms with Crippen molar-refractivity contribution in [2.75, 3.05) is 14.1 Å². The van der Waals surface area contributed by atoms with Gasteiger partial charge < -0.3 is 21.7 Å². The SMILES string of the molecule is CC(C)[N+](C)(C)C(C)C.F[B-](F)(F)F. The largest absolute Gasteiger partial charge is 0.673 e. The highest BCUT2D eigenvalue weighted by atomic mass is 19.5. The summed E-state index contributed by atoms with van der Waals surface area (Å²) in [5, 5.41) is 0. The van der Waals surface area contributed by atoms with Crippen LogP contribution in [0.25, 0.3) is 0 Å². The molecule has 0 amide bonds. The van der Waals surface area contributed by atoms with Gasteiger partial charge in [0.25, 0.3) is 0 Å². The van der Waals surface area contributed by atoms with Crippen LogP contribution < -0.4 is 0 Å². The van der Waals surface area contributed by atoms with E-state index >= 15 is 0 Å². The van der Waals surface area contributed by atoms with E-state index in [2.05, 4.69) is 41.8 Å². The van der Waals surface area contributed by atoms with Gasteiger partial charge in [0.1, 0.15) is 0 Å². The van der Waals surface area contributed by atoms with Crippen molar-refractivity contribution in [3.05, 3.63) is 0 Å². The zero-order chi connectivity index (χ0) is 12.2. The van der Waals surface area contributed by atoms with Gasteiger partial charge in [0.2, 0.25) is 0 Å². The lowest BCUT2D eigenvalue weighted by atomic mass is 10.2. The van der Waals surface area contributed by atoms with E-state index in [1.54, 1.807) is 0 Å². The Kier molecular flexibility index (Phi) is 6.45. The van der Waals surface area contributed by atoms with Crippen LogP contribution in [0.1, 0.15) is 27.7 Å². The van der Waals surface area contributed by atoms with Gasteiger partial charge in [-0.05, 0) is 27.7 Å². The van der Waals surface area contributed by atoms with Crippen molar-refractivity contribution in [3.63, 3.8) is 0 Å². The molecule has 0 heterocycles. The number of hydrogen-bond acceptors (Lipinski definition) is 0. The molecule has 14 heavy (non-hydrogen) atoms. The lowest BCUT2D eigenvalue weighted by Crippen LogP contribution is -2.50. The summed E-state index contributed by atoms with van der Waals surface area (Å²) in [7, 11) is -1.45. The first-order valence-electron chi connectivity index (χ1n) is 4.59. The summed E-state index contributed by atoms with van der Waals surface area (Å²) in [6.07, 6.45) is 0. The van der Waals surface area contributed by atoms with E-state index in [0.717, 1.165) is 16.6 Å². The molecule has 0 fully saturated rings. The van der Waals surface area contributed by atoms with Crippen LogP contribution in [-0.4, -0.2) is 37.9 Å². The molecule has 0 unspecified atom stereocenters. The third-order valence-electron chi connectivity index (χ3n) is 2.66. The number of hydrogen-bond donors (Lipinski definition) is 0. The fourth-order valence-corrected chi connectivity index (χ4v) is 0.596. The van der Waals surface area contributed by atoms with Crippen molar-refractivity contribution in [1.29, 1.82) is 0 Å². The Bertz CT molecular complexity index is 138. The van der Waals surface area contributed by atoms with Crippen LogP contribution >= 0.6 is 0 Å². The molecular weight excluding hydrogens is 197 g/mol. The fraction of sp³-hybridized carbons (Fsp3) is 1.00. The second-order valence-corrected chi connectivity index (χ2v) is 4.31. The Labute approximate surface area is 83.8 Å². The maximum Gasteiger partial charge on any atom is 0.673 e. The van der Waals surface area contributed by atoms with Crippen LogP contribution in [0, 0.1) is 0 Å². The summed E-state index contributed by atoms with van der Waals surface area (Å²) in [5.74, 6) is 0. The molecule has 0 spiro atoms. The summed E-state index contributed by atoms with van der Waals surface area (Å²) >= 11 is 0. The Balaban J connectivity index is 0. The highest BCUT2D eigenvalue weighted by molar-refractivity contribution is 6.50. The van der Waals surface area contributed by atoms with Crippen LogP contribution in [0.3, 0.4) is 0 Å². The summed E-state index contributed by atoms with van der Waals surface area (Å²) in [5.41, 5.74) is 0. The molecule has 0 aliphatic carbocycles. The minimum Gasteiger partial charge on any atom is -0.418 e. The molecule has 0 saturated carbocycles. The van der Waals surface area contributed by atoms with Crippen LogP contribution in [-0.2, 0) is 0 Å². The number of rotatable bonds is 2. The predicted octanol–water partition coefficient (Wildman–Crippen LogP) is 3.18. The Morgan fingerprint density at radius 1 is 0.786 bits per heavy atom. The predicted molar refractivity (Wildman–Crippen MR) is 52.6 cm³/mol. The molecule has 0 aromatic rings. The first kappa shape index (κ1) is 16.2. The summed E-state index contributed by atoms with van der Waals surface area (Å²) in [4.78, 5) is 0. The molecule has 0 aliphatic rings. The van der Waals surface area contributed by atoms with Gasteiger partial charge >= 0.3 is 7.25 Å². The van der Waals surface area contributed by atoms with Crippen molar-refractivity contribution in [1.82, 2.24) is 0 Å². The third-order valence-corrected chi connectivity index (χ3v) is 2.66.